The molecular weight excluding hydrogens is 320 g/mol. The number of aryl methyl sites for hydroxylation is 1. The maximum Gasteiger partial charge on any atom is 0.337 e. The lowest BCUT2D eigenvalue weighted by molar-refractivity contribution is 0.0699. The number of hydrogen-bond donors (Lipinski definition) is 2. The zero-order valence-electron chi connectivity index (χ0n) is 10.6. The minimum absolute atomic E-state index is 0.206. The van der Waals surface area contributed by atoms with Crippen molar-refractivity contribution in [2.75, 3.05) is 0 Å². The Morgan fingerprint density at radius 2 is 2.10 bits per heavy atom. The highest BCUT2D eigenvalue weighted by Crippen LogP contribution is 2.27. The maximum atomic E-state index is 11.2. The quantitative estimate of drug-likeness (QED) is 0.746. The van der Waals surface area contributed by atoms with Crippen molar-refractivity contribution in [1.29, 1.82) is 0 Å². The lowest BCUT2D eigenvalue weighted by atomic mass is 10.1. The fraction of sp³-hybridized carbons (Fsp3) is 0.0667. The number of carboxylic acids is 1. The van der Waals surface area contributed by atoms with Gasteiger partial charge >= 0.3 is 5.97 Å². The Balaban J connectivity index is 2.26. The summed E-state index contributed by atoms with van der Waals surface area (Å²) in [6.45, 7) is 1.99. The third-order valence-electron chi connectivity index (χ3n) is 3.20. The number of rotatable bonds is 2. The van der Waals surface area contributed by atoms with Crippen molar-refractivity contribution < 1.29 is 9.90 Å². The molecule has 20 heavy (non-hydrogen) atoms. The van der Waals surface area contributed by atoms with E-state index in [4.69, 9.17) is 0 Å². The van der Waals surface area contributed by atoms with Gasteiger partial charge in [0, 0.05) is 10.0 Å². The predicted molar refractivity (Wildman–Crippen MR) is 80.9 cm³/mol. The van der Waals surface area contributed by atoms with E-state index in [1.807, 2.05) is 31.2 Å². The summed E-state index contributed by atoms with van der Waals surface area (Å²) in [7, 11) is 0. The zero-order chi connectivity index (χ0) is 14.3. The smallest absolute Gasteiger partial charge is 0.337 e. The van der Waals surface area contributed by atoms with Crippen LogP contribution in [-0.2, 0) is 0 Å². The van der Waals surface area contributed by atoms with Crippen molar-refractivity contribution in [2.24, 2.45) is 0 Å². The Labute approximate surface area is 123 Å². The molecule has 2 N–H and O–H groups in total. The van der Waals surface area contributed by atoms with Crippen molar-refractivity contribution >= 4 is 32.9 Å². The minimum Gasteiger partial charge on any atom is -0.478 e. The van der Waals surface area contributed by atoms with Crippen molar-refractivity contribution in [2.45, 2.75) is 6.92 Å². The van der Waals surface area contributed by atoms with Gasteiger partial charge in [-0.2, -0.15) is 0 Å². The van der Waals surface area contributed by atoms with Crippen molar-refractivity contribution in [3.05, 3.63) is 52.0 Å². The van der Waals surface area contributed by atoms with Gasteiger partial charge in [0.2, 0.25) is 0 Å². The molecule has 0 fully saturated rings. The van der Waals surface area contributed by atoms with E-state index in [9.17, 15) is 9.90 Å². The third-order valence-corrected chi connectivity index (χ3v) is 3.69. The summed E-state index contributed by atoms with van der Waals surface area (Å²) in [6.07, 6.45) is 0. The molecule has 0 atom stereocenters. The highest BCUT2D eigenvalue weighted by molar-refractivity contribution is 9.10. The Morgan fingerprint density at radius 1 is 1.30 bits per heavy atom. The number of nitrogens with one attached hydrogen (secondary N) is 1. The molecule has 0 radical (unpaired) electrons. The maximum absolute atomic E-state index is 11.2. The van der Waals surface area contributed by atoms with E-state index in [2.05, 4.69) is 25.9 Å². The van der Waals surface area contributed by atoms with E-state index in [1.54, 1.807) is 12.1 Å². The van der Waals surface area contributed by atoms with Crippen LogP contribution in [0.25, 0.3) is 22.4 Å². The molecule has 0 saturated carbocycles. The Kier molecular flexibility index (Phi) is 3.06. The summed E-state index contributed by atoms with van der Waals surface area (Å²) >= 11 is 3.44. The molecule has 1 heterocycles. The number of fused-ring (bicyclic) bond motifs is 1. The van der Waals surface area contributed by atoms with Crippen LogP contribution < -0.4 is 0 Å². The molecule has 4 nitrogen and oxygen atoms in total. The molecule has 100 valence electrons. The van der Waals surface area contributed by atoms with E-state index in [-0.39, 0.29) is 5.56 Å². The number of benzene rings is 2. The highest BCUT2D eigenvalue weighted by Gasteiger charge is 2.14. The normalized spacial score (nSPS) is 10.9. The molecule has 0 unspecified atom stereocenters. The molecule has 0 aliphatic rings. The number of para-hydroxylation sites is 1. The Morgan fingerprint density at radius 3 is 2.85 bits per heavy atom. The number of H-pyrrole nitrogens is 1. The first-order valence-corrected chi connectivity index (χ1v) is 6.84. The molecule has 2 aromatic carbocycles. The second kappa shape index (κ2) is 4.76. The predicted octanol–water partition coefficient (Wildman–Crippen LogP) is 4.00. The molecule has 0 saturated heterocycles. The summed E-state index contributed by atoms with van der Waals surface area (Å²) in [4.78, 5) is 18.8. The van der Waals surface area contributed by atoms with Gasteiger partial charge in [-0.3, -0.25) is 0 Å². The van der Waals surface area contributed by atoms with Crippen LogP contribution in [0.4, 0.5) is 0 Å². The lowest BCUT2D eigenvalue weighted by Gasteiger charge is -2.02. The zero-order valence-corrected chi connectivity index (χ0v) is 12.2. The van der Waals surface area contributed by atoms with Crippen LogP contribution >= 0.6 is 15.9 Å². The second-order valence-electron chi connectivity index (χ2n) is 4.55. The fourth-order valence-corrected chi connectivity index (χ4v) is 2.54. The van der Waals surface area contributed by atoms with Crippen LogP contribution in [0.5, 0.6) is 0 Å². The van der Waals surface area contributed by atoms with Crippen molar-refractivity contribution in [3.63, 3.8) is 0 Å². The minimum atomic E-state index is -0.973. The van der Waals surface area contributed by atoms with Crippen LogP contribution in [0.3, 0.4) is 0 Å². The monoisotopic (exact) mass is 330 g/mol. The molecule has 5 heteroatoms. The third kappa shape index (κ3) is 2.10. The number of carbonyl (C=O) groups is 1. The standard InChI is InChI=1S/C15H11BrN2O2/c1-8-5-6-9(16)7-11(8)14-17-12-4-2-3-10(15(19)20)13(12)18-14/h2-7H,1H3,(H,17,18)(H,19,20). The SMILES string of the molecule is Cc1ccc(Br)cc1-c1nc2c(C(=O)O)cccc2[nH]1. The summed E-state index contributed by atoms with van der Waals surface area (Å²) in [5, 5.41) is 9.20. The topological polar surface area (TPSA) is 66.0 Å². The lowest BCUT2D eigenvalue weighted by Crippen LogP contribution is -1.96. The number of aromatic amines is 1. The average molecular weight is 331 g/mol. The summed E-state index contributed by atoms with van der Waals surface area (Å²) in [5.74, 6) is -0.299. The molecule has 1 aromatic heterocycles. The van der Waals surface area contributed by atoms with E-state index < -0.39 is 5.97 Å². The highest BCUT2D eigenvalue weighted by atomic mass is 79.9. The van der Waals surface area contributed by atoms with Crippen molar-refractivity contribution in [3.8, 4) is 11.4 Å². The molecule has 0 bridgehead atoms. The van der Waals surface area contributed by atoms with E-state index >= 15 is 0 Å². The molecule has 0 spiro atoms. The number of nitrogens with zero attached hydrogens (tertiary/aromatic N) is 1. The number of hydrogen-bond acceptors (Lipinski definition) is 2. The molecule has 0 aliphatic heterocycles. The van der Waals surface area contributed by atoms with Gasteiger partial charge in [-0.25, -0.2) is 9.78 Å². The molecule has 3 rings (SSSR count). The average Bonchev–Trinajstić information content (AvgIpc) is 2.84. The van der Waals surface area contributed by atoms with Gasteiger partial charge in [0.05, 0.1) is 11.1 Å². The van der Waals surface area contributed by atoms with Gasteiger partial charge in [0.25, 0.3) is 0 Å². The largest absolute Gasteiger partial charge is 0.478 e. The van der Waals surface area contributed by atoms with Gasteiger partial charge in [-0.05, 0) is 36.8 Å². The first-order chi connectivity index (χ1) is 9.56. The molecule has 0 amide bonds. The summed E-state index contributed by atoms with van der Waals surface area (Å²) in [6, 6.07) is 11.0. The second-order valence-corrected chi connectivity index (χ2v) is 5.47. The molecule has 0 aliphatic carbocycles. The van der Waals surface area contributed by atoms with Crippen LogP contribution in [0, 0.1) is 6.92 Å². The van der Waals surface area contributed by atoms with E-state index in [1.165, 1.54) is 0 Å². The van der Waals surface area contributed by atoms with Gasteiger partial charge in [0.15, 0.2) is 0 Å². The number of aromatic carboxylic acids is 1. The van der Waals surface area contributed by atoms with Gasteiger partial charge in [0.1, 0.15) is 11.3 Å². The number of imidazole rings is 1. The Bertz CT molecular complexity index is 824. The number of halogens is 1. The van der Waals surface area contributed by atoms with Crippen LogP contribution in [0.1, 0.15) is 15.9 Å². The fourth-order valence-electron chi connectivity index (χ4n) is 2.18. The Hall–Kier alpha value is -2.14. The summed E-state index contributed by atoms with van der Waals surface area (Å²) in [5.41, 5.74) is 3.43. The van der Waals surface area contributed by atoms with Gasteiger partial charge < -0.3 is 10.1 Å². The van der Waals surface area contributed by atoms with Crippen LogP contribution in [-0.4, -0.2) is 21.0 Å². The first-order valence-electron chi connectivity index (χ1n) is 6.05. The van der Waals surface area contributed by atoms with E-state index in [0.29, 0.717) is 11.3 Å². The van der Waals surface area contributed by atoms with Crippen LogP contribution in [0.15, 0.2) is 40.9 Å². The number of aromatic nitrogens is 2. The van der Waals surface area contributed by atoms with Crippen LogP contribution in [0.2, 0.25) is 0 Å². The van der Waals surface area contributed by atoms with Gasteiger partial charge in [-0.15, -0.1) is 0 Å². The summed E-state index contributed by atoms with van der Waals surface area (Å²) < 4.78 is 0.956. The molecule has 3 aromatic rings. The molecular formula is C15H11BrN2O2. The van der Waals surface area contributed by atoms with Gasteiger partial charge in [-0.1, -0.05) is 28.1 Å². The van der Waals surface area contributed by atoms with E-state index in [0.717, 1.165) is 21.1 Å². The number of carboxylic acid groups (broad SMARTS) is 1. The van der Waals surface area contributed by atoms with Crippen molar-refractivity contribution in [1.82, 2.24) is 9.97 Å². The first kappa shape index (κ1) is 12.9.